The number of amides is 1. The van der Waals surface area contributed by atoms with Crippen LogP contribution in [0.1, 0.15) is 77.6 Å². The number of nitrogens with one attached hydrogen (secondary N) is 2. The number of unbranched alkanes of at least 4 members (excludes halogenated alkanes) is 9. The number of hydrogen-bond acceptors (Lipinski definition) is 5. The summed E-state index contributed by atoms with van der Waals surface area (Å²) in [6.07, 6.45) is 13.1. The molecule has 1 amide bonds. The molecule has 5 aromatic rings. The topological polar surface area (TPSA) is 87.5 Å². The number of aromatic nitrogens is 4. The van der Waals surface area contributed by atoms with E-state index in [4.69, 9.17) is 16.3 Å². The largest absolute Gasteiger partial charge is 0.461 e. The zero-order chi connectivity index (χ0) is 32.0. The average molecular weight is 641 g/mol. The predicted molar refractivity (Wildman–Crippen MR) is 187 cm³/mol. The lowest BCUT2D eigenvalue weighted by Crippen LogP contribution is -2.46. The maximum Gasteiger partial charge on any atom is 0.248 e. The standard InChI is InChI=1S/C37H45ClN6O2/c1-2-3-4-5-6-7-8-9-10-20-27-32(37(45)43(30-23-16-12-17-24-30)31-25-18-13-19-26-31)39-28-46-36-33(38)35-41-40-34(44(35)42-36)29-21-14-11-15-22-29/h11-19,21-26,32,39,42H,2-10,20,27-28H2,1H3. The fourth-order valence-electron chi connectivity index (χ4n) is 5.73. The van der Waals surface area contributed by atoms with Gasteiger partial charge in [-0.3, -0.25) is 20.1 Å². The van der Waals surface area contributed by atoms with Crippen LogP contribution in [0.2, 0.25) is 5.02 Å². The summed E-state index contributed by atoms with van der Waals surface area (Å²) in [5, 5.41) is 15.5. The van der Waals surface area contributed by atoms with Crippen LogP contribution in [0.4, 0.5) is 11.4 Å². The minimum Gasteiger partial charge on any atom is -0.461 e. The van der Waals surface area contributed by atoms with Gasteiger partial charge in [-0.2, -0.15) is 0 Å². The van der Waals surface area contributed by atoms with Gasteiger partial charge in [-0.1, -0.05) is 149 Å². The Kier molecular flexibility index (Phi) is 12.7. The number of hydrogen-bond donors (Lipinski definition) is 2. The van der Waals surface area contributed by atoms with Crippen molar-refractivity contribution in [2.45, 2.75) is 83.6 Å². The third-order valence-electron chi connectivity index (χ3n) is 8.24. The smallest absolute Gasteiger partial charge is 0.248 e. The van der Waals surface area contributed by atoms with Gasteiger partial charge in [0, 0.05) is 16.9 Å². The molecule has 0 saturated carbocycles. The van der Waals surface area contributed by atoms with Gasteiger partial charge in [-0.25, -0.2) is 4.52 Å². The first kappa shape index (κ1) is 33.2. The highest BCUT2D eigenvalue weighted by atomic mass is 35.5. The molecule has 8 nitrogen and oxygen atoms in total. The molecule has 1 atom stereocenters. The van der Waals surface area contributed by atoms with Crippen LogP contribution in [0.25, 0.3) is 17.0 Å². The normalized spacial score (nSPS) is 12.0. The van der Waals surface area contributed by atoms with Crippen LogP contribution in [-0.2, 0) is 4.79 Å². The highest BCUT2D eigenvalue weighted by molar-refractivity contribution is 6.34. The van der Waals surface area contributed by atoms with E-state index >= 15 is 0 Å². The van der Waals surface area contributed by atoms with E-state index in [1.54, 1.807) is 9.42 Å². The number of halogens is 1. The van der Waals surface area contributed by atoms with Gasteiger partial charge in [0.25, 0.3) is 0 Å². The molecule has 2 N–H and O–H groups in total. The van der Waals surface area contributed by atoms with Crippen LogP contribution >= 0.6 is 11.6 Å². The number of anilines is 2. The van der Waals surface area contributed by atoms with Crippen molar-refractivity contribution in [3.05, 3.63) is 96.0 Å². The summed E-state index contributed by atoms with van der Waals surface area (Å²) in [5.74, 6) is 0.972. The lowest BCUT2D eigenvalue weighted by atomic mass is 10.0. The molecule has 242 valence electrons. The second-order valence-corrected chi connectivity index (χ2v) is 12.0. The molecule has 2 heterocycles. The quantitative estimate of drug-likeness (QED) is 0.0693. The van der Waals surface area contributed by atoms with Gasteiger partial charge in [-0.15, -0.1) is 10.2 Å². The summed E-state index contributed by atoms with van der Waals surface area (Å²) in [6, 6.07) is 28.9. The van der Waals surface area contributed by atoms with E-state index in [0.717, 1.165) is 29.8 Å². The molecule has 9 heteroatoms. The predicted octanol–water partition coefficient (Wildman–Crippen LogP) is 9.35. The Morgan fingerprint density at radius 2 is 1.35 bits per heavy atom. The van der Waals surface area contributed by atoms with Crippen molar-refractivity contribution in [3.8, 4) is 17.3 Å². The summed E-state index contributed by atoms with van der Waals surface area (Å²) in [5.41, 5.74) is 3.03. The highest BCUT2D eigenvalue weighted by Crippen LogP contribution is 2.30. The van der Waals surface area contributed by atoms with Crippen LogP contribution in [0, 0.1) is 0 Å². The molecule has 0 aliphatic heterocycles. The number of ether oxygens (including phenoxy) is 1. The van der Waals surface area contributed by atoms with Crippen molar-refractivity contribution in [1.82, 2.24) is 25.1 Å². The Balaban J connectivity index is 1.26. The summed E-state index contributed by atoms with van der Waals surface area (Å²) >= 11 is 6.64. The van der Waals surface area contributed by atoms with Crippen LogP contribution < -0.4 is 15.0 Å². The highest BCUT2D eigenvalue weighted by Gasteiger charge is 2.27. The molecule has 46 heavy (non-hydrogen) atoms. The van der Waals surface area contributed by atoms with Gasteiger partial charge in [0.1, 0.15) is 11.8 Å². The molecule has 0 radical (unpaired) electrons. The monoisotopic (exact) mass is 640 g/mol. The van der Waals surface area contributed by atoms with Crippen molar-refractivity contribution in [2.24, 2.45) is 0 Å². The summed E-state index contributed by atoms with van der Waals surface area (Å²) < 4.78 is 7.80. The van der Waals surface area contributed by atoms with Crippen LogP contribution in [-0.4, -0.2) is 38.5 Å². The van der Waals surface area contributed by atoms with Crippen molar-refractivity contribution < 1.29 is 9.53 Å². The van der Waals surface area contributed by atoms with Crippen LogP contribution in [0.15, 0.2) is 91.0 Å². The Bertz CT molecular complexity index is 1570. The first-order valence-electron chi connectivity index (χ1n) is 16.7. The zero-order valence-electron chi connectivity index (χ0n) is 26.7. The maximum atomic E-state index is 14.3. The van der Waals surface area contributed by atoms with Gasteiger partial charge < -0.3 is 4.74 Å². The van der Waals surface area contributed by atoms with E-state index in [1.807, 2.05) is 91.0 Å². The third-order valence-corrected chi connectivity index (χ3v) is 8.58. The lowest BCUT2D eigenvalue weighted by Gasteiger charge is -2.28. The summed E-state index contributed by atoms with van der Waals surface area (Å²) in [4.78, 5) is 16.1. The Morgan fingerprint density at radius 1 is 0.804 bits per heavy atom. The lowest BCUT2D eigenvalue weighted by molar-refractivity contribution is -0.120. The Labute approximate surface area is 277 Å². The van der Waals surface area contributed by atoms with Gasteiger partial charge >= 0.3 is 0 Å². The van der Waals surface area contributed by atoms with Crippen molar-refractivity contribution in [1.29, 1.82) is 0 Å². The fraction of sp³-hybridized carbons (Fsp3) is 0.378. The molecule has 3 aromatic carbocycles. The third kappa shape index (κ3) is 8.77. The number of fused-ring (bicyclic) bond motifs is 1. The molecule has 1 unspecified atom stereocenters. The van der Waals surface area contributed by atoms with Gasteiger partial charge in [-0.05, 0) is 30.7 Å². The first-order valence-corrected chi connectivity index (χ1v) is 17.0. The number of carbonyl (C=O) groups excluding carboxylic acids is 1. The minimum atomic E-state index is -0.464. The number of aromatic amines is 1. The zero-order valence-corrected chi connectivity index (χ0v) is 27.5. The summed E-state index contributed by atoms with van der Waals surface area (Å²) in [6.45, 7) is 2.34. The Morgan fingerprint density at radius 3 is 1.93 bits per heavy atom. The Hall–Kier alpha value is -4.14. The average Bonchev–Trinajstić information content (AvgIpc) is 3.65. The number of para-hydroxylation sites is 2. The van der Waals surface area contributed by atoms with E-state index in [2.05, 4.69) is 27.5 Å². The number of rotatable bonds is 19. The van der Waals surface area contributed by atoms with Crippen LogP contribution in [0.5, 0.6) is 5.88 Å². The molecular weight excluding hydrogens is 596 g/mol. The second kappa shape index (κ2) is 17.5. The molecule has 2 aromatic heterocycles. The minimum absolute atomic E-state index is 0.0279. The molecule has 0 fully saturated rings. The molecular formula is C37H45ClN6O2. The van der Waals surface area contributed by atoms with E-state index in [9.17, 15) is 4.79 Å². The SMILES string of the molecule is CCCCCCCCCCCCC(NCOc1[nH]n2c(-c3ccccc3)nnc2c1Cl)C(=O)N(c1ccccc1)c1ccccc1. The van der Waals surface area contributed by atoms with Crippen LogP contribution in [0.3, 0.4) is 0 Å². The molecule has 0 spiro atoms. The number of carbonyl (C=O) groups is 1. The first-order chi connectivity index (χ1) is 22.7. The molecule has 0 saturated heterocycles. The van der Waals surface area contributed by atoms with Crippen molar-refractivity contribution >= 4 is 34.5 Å². The van der Waals surface area contributed by atoms with E-state index in [-0.39, 0.29) is 12.6 Å². The van der Waals surface area contributed by atoms with E-state index in [1.165, 1.54) is 51.4 Å². The molecule has 0 bridgehead atoms. The molecule has 0 aliphatic rings. The summed E-state index contributed by atoms with van der Waals surface area (Å²) in [7, 11) is 0. The molecule has 5 rings (SSSR count). The van der Waals surface area contributed by atoms with Gasteiger partial charge in [0.2, 0.25) is 11.8 Å². The number of benzene rings is 3. The number of nitrogens with zero attached hydrogens (tertiary/aromatic N) is 4. The van der Waals surface area contributed by atoms with Gasteiger partial charge in [0.05, 0.1) is 6.04 Å². The maximum absolute atomic E-state index is 14.3. The number of H-pyrrole nitrogens is 1. The van der Waals surface area contributed by atoms with Gasteiger partial charge in [0.15, 0.2) is 11.5 Å². The molecule has 0 aliphatic carbocycles. The van der Waals surface area contributed by atoms with Crippen molar-refractivity contribution in [3.63, 3.8) is 0 Å². The van der Waals surface area contributed by atoms with E-state index in [0.29, 0.717) is 28.8 Å². The van der Waals surface area contributed by atoms with Crippen molar-refractivity contribution in [2.75, 3.05) is 11.6 Å². The second-order valence-electron chi connectivity index (χ2n) is 11.7. The fourth-order valence-corrected chi connectivity index (χ4v) is 5.95. The van der Waals surface area contributed by atoms with E-state index < -0.39 is 6.04 Å².